The molecule has 0 saturated carbocycles. The molecule has 1 aliphatic heterocycles. The first-order valence-electron chi connectivity index (χ1n) is 4.31. The van der Waals surface area contributed by atoms with Crippen LogP contribution in [-0.4, -0.2) is 53.5 Å². The zero-order valence-corrected chi connectivity index (χ0v) is 10.1. The van der Waals surface area contributed by atoms with Crippen molar-refractivity contribution in [3.63, 3.8) is 0 Å². The van der Waals surface area contributed by atoms with Crippen LogP contribution in [0.1, 0.15) is 0 Å². The summed E-state index contributed by atoms with van der Waals surface area (Å²) < 4.78 is 5.06. The molecule has 0 aliphatic carbocycles. The molecule has 3 N–H and O–H groups in total. The number of rotatable bonds is 2. The van der Waals surface area contributed by atoms with E-state index in [1.165, 1.54) is 0 Å². The monoisotopic (exact) mass is 253 g/mol. The summed E-state index contributed by atoms with van der Waals surface area (Å²) in [7, 11) is 0. The molecule has 0 radical (unpaired) electrons. The standard InChI is InChI=1S/C8H18AsO4/c1-9(2,3)4-5-6(10)7(11)8(12)13-5/h5-8,10-12H,4H2,1-3H3/q+1/t5-,6-,7-,8-/m1/s1. The third kappa shape index (κ3) is 2.93. The van der Waals surface area contributed by atoms with Crippen LogP contribution in [0.25, 0.3) is 0 Å². The average Bonchev–Trinajstić information content (AvgIpc) is 2.15. The summed E-state index contributed by atoms with van der Waals surface area (Å²) in [6, 6.07) is 0. The van der Waals surface area contributed by atoms with Gasteiger partial charge in [-0.15, -0.1) is 0 Å². The first kappa shape index (κ1) is 11.5. The van der Waals surface area contributed by atoms with E-state index in [2.05, 4.69) is 17.1 Å². The van der Waals surface area contributed by atoms with E-state index in [4.69, 9.17) is 9.84 Å². The summed E-state index contributed by atoms with van der Waals surface area (Å²) in [4.78, 5) is 0. The molecule has 1 rings (SSSR count). The maximum absolute atomic E-state index is 9.48. The van der Waals surface area contributed by atoms with Crippen molar-refractivity contribution in [1.29, 1.82) is 0 Å². The van der Waals surface area contributed by atoms with Gasteiger partial charge in [0.05, 0.1) is 0 Å². The Labute approximate surface area is 81.0 Å². The van der Waals surface area contributed by atoms with Gasteiger partial charge in [-0.3, -0.25) is 0 Å². The van der Waals surface area contributed by atoms with E-state index in [0.29, 0.717) is 0 Å². The van der Waals surface area contributed by atoms with E-state index in [1.54, 1.807) is 0 Å². The normalized spacial score (nSPS) is 41.1. The number of aliphatic hydroxyl groups is 3. The summed E-state index contributed by atoms with van der Waals surface area (Å²) in [5.74, 6) is 0. The molecule has 5 heteroatoms. The van der Waals surface area contributed by atoms with E-state index in [-0.39, 0.29) is 0 Å². The van der Waals surface area contributed by atoms with E-state index in [9.17, 15) is 10.2 Å². The molecule has 1 saturated heterocycles. The van der Waals surface area contributed by atoms with E-state index >= 15 is 0 Å². The van der Waals surface area contributed by atoms with Crippen molar-refractivity contribution in [2.24, 2.45) is 0 Å². The third-order valence-electron chi connectivity index (χ3n) is 2.06. The van der Waals surface area contributed by atoms with Gasteiger partial charge in [0, 0.05) is 0 Å². The number of hydrogen-bond donors (Lipinski definition) is 3. The van der Waals surface area contributed by atoms with Gasteiger partial charge in [0.1, 0.15) is 0 Å². The fourth-order valence-corrected chi connectivity index (χ4v) is 4.32. The molecule has 13 heavy (non-hydrogen) atoms. The van der Waals surface area contributed by atoms with Crippen LogP contribution in [-0.2, 0) is 4.74 Å². The van der Waals surface area contributed by atoms with Crippen LogP contribution in [0.3, 0.4) is 0 Å². The molecule has 4 atom stereocenters. The molecular formula is C8H18AsO4+. The van der Waals surface area contributed by atoms with Crippen molar-refractivity contribution in [3.05, 3.63) is 0 Å². The van der Waals surface area contributed by atoms with Crippen LogP contribution in [0, 0.1) is 0 Å². The van der Waals surface area contributed by atoms with Crippen LogP contribution >= 0.6 is 0 Å². The zero-order chi connectivity index (χ0) is 10.2. The minimum absolute atomic E-state index is 0.391. The summed E-state index contributed by atoms with van der Waals surface area (Å²) >= 11 is -1.65. The summed E-state index contributed by atoms with van der Waals surface area (Å²) in [6.07, 6.45) is -3.69. The van der Waals surface area contributed by atoms with Gasteiger partial charge in [-0.05, 0) is 0 Å². The Bertz CT molecular complexity index is 179. The van der Waals surface area contributed by atoms with Gasteiger partial charge in [-0.2, -0.15) is 0 Å². The van der Waals surface area contributed by atoms with Crippen molar-refractivity contribution >= 4 is 13.6 Å². The number of aliphatic hydroxyl groups excluding tert-OH is 3. The molecule has 0 unspecified atom stereocenters. The average molecular weight is 253 g/mol. The summed E-state index contributed by atoms with van der Waals surface area (Å²) in [5.41, 5.74) is 6.56. The second-order valence-electron chi connectivity index (χ2n) is 4.52. The summed E-state index contributed by atoms with van der Waals surface area (Å²) in [5, 5.41) is 28.6. The fraction of sp³-hybridized carbons (Fsp3) is 1.00. The Morgan fingerprint density at radius 1 is 1.08 bits per heavy atom. The van der Waals surface area contributed by atoms with Crippen molar-refractivity contribution in [3.8, 4) is 0 Å². The molecule has 1 heterocycles. The molecule has 1 aliphatic rings. The fourth-order valence-electron chi connectivity index (χ4n) is 1.42. The Balaban J connectivity index is 2.54. The zero-order valence-electron chi connectivity index (χ0n) is 8.21. The Kier molecular flexibility index (Phi) is 3.42. The predicted octanol–water partition coefficient (Wildman–Crippen LogP) is -0.236. The molecule has 0 bridgehead atoms. The molecule has 1 fully saturated rings. The Hall–Kier alpha value is 0.398. The van der Waals surface area contributed by atoms with Crippen LogP contribution in [0.4, 0.5) is 0 Å². The first-order chi connectivity index (χ1) is 5.81. The predicted molar refractivity (Wildman–Crippen MR) is 51.0 cm³/mol. The van der Waals surface area contributed by atoms with Gasteiger partial charge in [0.25, 0.3) is 0 Å². The second-order valence-corrected chi connectivity index (χ2v) is 14.9. The van der Waals surface area contributed by atoms with Crippen LogP contribution < -0.4 is 0 Å². The molecule has 0 aromatic heterocycles. The first-order valence-corrected chi connectivity index (χ1v) is 11.3. The quantitative estimate of drug-likeness (QED) is 0.594. The molecule has 0 spiro atoms. The van der Waals surface area contributed by atoms with Crippen molar-refractivity contribution < 1.29 is 20.1 Å². The number of ether oxygens (including phenoxy) is 1. The molecule has 78 valence electrons. The molecular weight excluding hydrogens is 235 g/mol. The molecule has 4 nitrogen and oxygen atoms in total. The molecule has 0 aromatic carbocycles. The molecule has 0 aromatic rings. The van der Waals surface area contributed by atoms with Gasteiger partial charge in [-0.1, -0.05) is 0 Å². The Morgan fingerprint density at radius 3 is 1.92 bits per heavy atom. The second kappa shape index (κ2) is 3.87. The van der Waals surface area contributed by atoms with Gasteiger partial charge in [0.15, 0.2) is 0 Å². The minimum atomic E-state index is -1.65. The SMILES string of the molecule is C[As+](C)(C)C[C@H]1O[C@@H](O)[C@H](O)[C@@H]1O. The van der Waals surface area contributed by atoms with Crippen molar-refractivity contribution in [2.75, 3.05) is 0 Å². The van der Waals surface area contributed by atoms with Crippen LogP contribution in [0.2, 0.25) is 22.3 Å². The number of hydrogen-bond acceptors (Lipinski definition) is 4. The van der Waals surface area contributed by atoms with E-state index in [0.717, 1.165) is 5.21 Å². The molecule has 0 amide bonds. The van der Waals surface area contributed by atoms with Gasteiger partial charge in [-0.25, -0.2) is 0 Å². The van der Waals surface area contributed by atoms with Crippen LogP contribution in [0.15, 0.2) is 0 Å². The van der Waals surface area contributed by atoms with Crippen LogP contribution in [0.5, 0.6) is 0 Å². The Morgan fingerprint density at radius 2 is 1.62 bits per heavy atom. The topological polar surface area (TPSA) is 69.9 Å². The van der Waals surface area contributed by atoms with Gasteiger partial charge in [0.2, 0.25) is 0 Å². The van der Waals surface area contributed by atoms with E-state index in [1.807, 2.05) is 0 Å². The van der Waals surface area contributed by atoms with Crippen molar-refractivity contribution in [1.82, 2.24) is 0 Å². The summed E-state index contributed by atoms with van der Waals surface area (Å²) in [6.45, 7) is 0. The van der Waals surface area contributed by atoms with E-state index < -0.39 is 38.2 Å². The van der Waals surface area contributed by atoms with Gasteiger partial charge >= 0.3 is 80.6 Å². The third-order valence-corrected chi connectivity index (χ3v) is 5.12. The maximum atomic E-state index is 9.48. The van der Waals surface area contributed by atoms with Crippen molar-refractivity contribution in [2.45, 2.75) is 46.9 Å². The van der Waals surface area contributed by atoms with Gasteiger partial charge < -0.3 is 0 Å².